The lowest BCUT2D eigenvalue weighted by molar-refractivity contribution is 0.0662. The average molecular weight is 461 g/mol. The van der Waals surface area contributed by atoms with E-state index in [1.54, 1.807) is 42.5 Å². The first-order valence-corrected chi connectivity index (χ1v) is 11.0. The third kappa shape index (κ3) is 6.45. The van der Waals surface area contributed by atoms with E-state index in [0.29, 0.717) is 53.8 Å². The highest BCUT2D eigenvalue weighted by Gasteiger charge is 2.22. The number of hydrogen-bond donors (Lipinski definition) is 1. The third-order valence-corrected chi connectivity index (χ3v) is 5.65. The van der Waals surface area contributed by atoms with Gasteiger partial charge < -0.3 is 19.5 Å². The molecule has 1 fully saturated rings. The molecule has 7 nitrogen and oxygen atoms in total. The molecule has 0 saturated carbocycles. The van der Waals surface area contributed by atoms with Crippen LogP contribution in [0.5, 0.6) is 11.5 Å². The summed E-state index contributed by atoms with van der Waals surface area (Å²) in [5.41, 5.74) is 1.13. The first-order valence-electron chi connectivity index (χ1n) is 10.6. The maximum atomic E-state index is 12.8. The lowest BCUT2D eigenvalue weighted by Crippen LogP contribution is -2.39. The van der Waals surface area contributed by atoms with Gasteiger partial charge in [-0.05, 0) is 56.3 Å². The van der Waals surface area contributed by atoms with E-state index in [1.165, 1.54) is 14.0 Å². The molecule has 1 aliphatic rings. The van der Waals surface area contributed by atoms with Crippen molar-refractivity contribution < 1.29 is 24.2 Å². The van der Waals surface area contributed by atoms with Crippen molar-refractivity contribution in [1.29, 1.82) is 0 Å². The third-order valence-electron chi connectivity index (χ3n) is 5.42. The summed E-state index contributed by atoms with van der Waals surface area (Å²) in [4.78, 5) is 28.3. The number of Topliss-reactive ketones (excluding diaryl/α,β-unsaturated/α-hetero) is 1. The Hall–Kier alpha value is -2.61. The van der Waals surface area contributed by atoms with Crippen LogP contribution in [0.4, 0.5) is 0 Å². The van der Waals surface area contributed by atoms with Crippen LogP contribution in [-0.4, -0.2) is 79.1 Å². The number of hydrogen-bond acceptors (Lipinski definition) is 6. The van der Waals surface area contributed by atoms with Crippen molar-refractivity contribution in [3.63, 3.8) is 0 Å². The van der Waals surface area contributed by atoms with E-state index in [1.807, 2.05) is 4.90 Å². The van der Waals surface area contributed by atoms with Gasteiger partial charge in [-0.2, -0.15) is 0 Å². The van der Waals surface area contributed by atoms with Gasteiger partial charge in [-0.3, -0.25) is 14.5 Å². The topological polar surface area (TPSA) is 79.3 Å². The lowest BCUT2D eigenvalue weighted by Gasteiger charge is -2.24. The maximum absolute atomic E-state index is 12.8. The Labute approximate surface area is 193 Å². The van der Waals surface area contributed by atoms with Crippen LogP contribution in [0, 0.1) is 0 Å². The predicted molar refractivity (Wildman–Crippen MR) is 123 cm³/mol. The lowest BCUT2D eigenvalue weighted by atomic mass is 10.1. The number of nitrogens with zero attached hydrogens (tertiary/aromatic N) is 2. The van der Waals surface area contributed by atoms with Gasteiger partial charge in [0.25, 0.3) is 5.91 Å². The summed E-state index contributed by atoms with van der Waals surface area (Å²) in [7, 11) is 1.51. The highest BCUT2D eigenvalue weighted by atomic mass is 35.5. The van der Waals surface area contributed by atoms with Crippen molar-refractivity contribution >= 4 is 23.3 Å². The molecule has 0 aromatic heterocycles. The average Bonchev–Trinajstić information content (AvgIpc) is 3.02. The van der Waals surface area contributed by atoms with E-state index >= 15 is 0 Å². The molecule has 3 rings (SSSR count). The number of carbonyl (C=O) groups is 2. The van der Waals surface area contributed by atoms with Crippen molar-refractivity contribution in [3.05, 3.63) is 58.6 Å². The summed E-state index contributed by atoms with van der Waals surface area (Å²) >= 11 is 6.01. The minimum atomic E-state index is -0.706. The molecule has 1 unspecified atom stereocenters. The van der Waals surface area contributed by atoms with E-state index in [2.05, 4.69) is 4.90 Å². The summed E-state index contributed by atoms with van der Waals surface area (Å²) in [6.07, 6.45) is 0.114. The SMILES string of the molecule is COc1cc(C(C)=O)ccc1OCC(O)CN1CCCN(C(=O)c2cccc(Cl)c2)CC1. The van der Waals surface area contributed by atoms with Gasteiger partial charge in [-0.15, -0.1) is 0 Å². The number of methoxy groups -OCH3 is 1. The van der Waals surface area contributed by atoms with Crippen LogP contribution in [0.25, 0.3) is 0 Å². The molecule has 1 aliphatic heterocycles. The zero-order chi connectivity index (χ0) is 23.1. The van der Waals surface area contributed by atoms with Crippen molar-refractivity contribution in [2.24, 2.45) is 0 Å². The second kappa shape index (κ2) is 11.3. The van der Waals surface area contributed by atoms with Crippen LogP contribution >= 0.6 is 11.6 Å². The highest BCUT2D eigenvalue weighted by Crippen LogP contribution is 2.28. The molecule has 2 aromatic rings. The normalized spacial score (nSPS) is 15.7. The number of carbonyl (C=O) groups excluding carboxylic acids is 2. The summed E-state index contributed by atoms with van der Waals surface area (Å²) in [6.45, 7) is 4.72. The quantitative estimate of drug-likeness (QED) is 0.610. The minimum absolute atomic E-state index is 0.0284. The molecule has 0 spiro atoms. The molecule has 32 heavy (non-hydrogen) atoms. The molecule has 1 amide bonds. The minimum Gasteiger partial charge on any atom is -0.493 e. The number of ether oxygens (including phenoxy) is 2. The first kappa shape index (κ1) is 24.0. The second-order valence-corrected chi connectivity index (χ2v) is 8.28. The predicted octanol–water partition coefficient (Wildman–Crippen LogP) is 3.14. The van der Waals surface area contributed by atoms with E-state index < -0.39 is 6.10 Å². The standard InChI is InChI=1S/C24H29ClN2O5/c1-17(28)18-7-8-22(23(14-18)31-2)32-16-21(29)15-26-9-4-10-27(12-11-26)24(30)19-5-3-6-20(25)13-19/h3,5-8,13-14,21,29H,4,9-12,15-16H2,1-2H3. The second-order valence-electron chi connectivity index (χ2n) is 7.84. The number of ketones is 1. The molecule has 0 bridgehead atoms. The van der Waals surface area contributed by atoms with Crippen LogP contribution in [0.15, 0.2) is 42.5 Å². The molecular weight excluding hydrogens is 432 g/mol. The number of aliphatic hydroxyl groups is 1. The van der Waals surface area contributed by atoms with Crippen molar-refractivity contribution in [2.75, 3.05) is 46.4 Å². The van der Waals surface area contributed by atoms with E-state index in [0.717, 1.165) is 13.0 Å². The fraction of sp³-hybridized carbons (Fsp3) is 0.417. The van der Waals surface area contributed by atoms with E-state index in [4.69, 9.17) is 21.1 Å². The molecule has 1 saturated heterocycles. The monoisotopic (exact) mass is 460 g/mol. The van der Waals surface area contributed by atoms with Gasteiger partial charge in [0.2, 0.25) is 0 Å². The number of rotatable bonds is 8. The van der Waals surface area contributed by atoms with Crippen LogP contribution in [0.3, 0.4) is 0 Å². The Balaban J connectivity index is 1.50. The molecule has 1 atom stereocenters. The fourth-order valence-electron chi connectivity index (χ4n) is 3.70. The number of halogens is 1. The summed E-state index contributed by atoms with van der Waals surface area (Å²) < 4.78 is 11.0. The molecule has 2 aromatic carbocycles. The van der Waals surface area contributed by atoms with Gasteiger partial charge in [0, 0.05) is 42.3 Å². The molecule has 1 N–H and O–H groups in total. The zero-order valence-electron chi connectivity index (χ0n) is 18.4. The van der Waals surface area contributed by atoms with Gasteiger partial charge >= 0.3 is 0 Å². The Bertz CT molecular complexity index is 952. The first-order chi connectivity index (χ1) is 15.4. The smallest absolute Gasteiger partial charge is 0.253 e. The zero-order valence-corrected chi connectivity index (χ0v) is 19.2. The van der Waals surface area contributed by atoms with Gasteiger partial charge in [0.1, 0.15) is 12.7 Å². The van der Waals surface area contributed by atoms with Crippen molar-refractivity contribution in [1.82, 2.24) is 9.80 Å². The van der Waals surface area contributed by atoms with Crippen LogP contribution in [0.2, 0.25) is 5.02 Å². The number of aliphatic hydroxyl groups excluding tert-OH is 1. The van der Waals surface area contributed by atoms with E-state index in [-0.39, 0.29) is 18.3 Å². The Morgan fingerprint density at radius 2 is 1.88 bits per heavy atom. The summed E-state index contributed by atoms with van der Waals surface area (Å²) in [5, 5.41) is 11.0. The molecule has 1 heterocycles. The summed E-state index contributed by atoms with van der Waals surface area (Å²) in [5.74, 6) is 0.846. The number of β-amino-alcohol motifs (C(OH)–C–C–N with tert-alkyl or cyclic N) is 1. The van der Waals surface area contributed by atoms with Crippen LogP contribution in [-0.2, 0) is 0 Å². The Morgan fingerprint density at radius 1 is 1.06 bits per heavy atom. The molecule has 172 valence electrons. The Kier molecular flexibility index (Phi) is 8.50. The van der Waals surface area contributed by atoms with Gasteiger partial charge in [-0.1, -0.05) is 17.7 Å². The Morgan fingerprint density at radius 3 is 2.59 bits per heavy atom. The fourth-order valence-corrected chi connectivity index (χ4v) is 3.89. The number of amides is 1. The largest absolute Gasteiger partial charge is 0.493 e. The van der Waals surface area contributed by atoms with Crippen molar-refractivity contribution in [2.45, 2.75) is 19.4 Å². The van der Waals surface area contributed by atoms with Gasteiger partial charge in [0.15, 0.2) is 17.3 Å². The molecule has 8 heteroatoms. The van der Waals surface area contributed by atoms with Crippen LogP contribution < -0.4 is 9.47 Å². The molecule has 0 aliphatic carbocycles. The van der Waals surface area contributed by atoms with E-state index in [9.17, 15) is 14.7 Å². The molecule has 0 radical (unpaired) electrons. The molecular formula is C24H29ClN2O5. The summed E-state index contributed by atoms with van der Waals surface area (Å²) in [6, 6.07) is 12.0. The van der Waals surface area contributed by atoms with Gasteiger partial charge in [-0.25, -0.2) is 0 Å². The maximum Gasteiger partial charge on any atom is 0.253 e. The highest BCUT2D eigenvalue weighted by molar-refractivity contribution is 6.30. The van der Waals surface area contributed by atoms with Gasteiger partial charge in [0.05, 0.1) is 7.11 Å². The number of benzene rings is 2. The van der Waals surface area contributed by atoms with Crippen LogP contribution in [0.1, 0.15) is 34.1 Å². The van der Waals surface area contributed by atoms with Crippen molar-refractivity contribution in [3.8, 4) is 11.5 Å².